The molecule has 14 heavy (non-hydrogen) atoms. The van der Waals surface area contributed by atoms with Crippen LogP contribution in [0.5, 0.6) is 0 Å². The molecule has 0 radical (unpaired) electrons. The normalized spacial score (nSPS) is 17.0. The van der Waals surface area contributed by atoms with E-state index >= 15 is 0 Å². The Morgan fingerprint density at radius 3 is 2.79 bits per heavy atom. The fourth-order valence-corrected chi connectivity index (χ4v) is 2.35. The third kappa shape index (κ3) is 1.80. The highest BCUT2D eigenvalue weighted by molar-refractivity contribution is 7.98. The van der Waals surface area contributed by atoms with E-state index in [-0.39, 0.29) is 0 Å². The minimum absolute atomic E-state index is 0.688. The van der Waals surface area contributed by atoms with Gasteiger partial charge in [-0.1, -0.05) is 13.3 Å². The summed E-state index contributed by atoms with van der Waals surface area (Å²) in [5, 5.41) is 8.54. The third-order valence-corrected chi connectivity index (χ3v) is 3.77. The Balaban J connectivity index is 2.06. The van der Waals surface area contributed by atoms with Crippen molar-refractivity contribution in [3.63, 3.8) is 0 Å². The molecule has 78 valence electrons. The molecule has 0 saturated heterocycles. The quantitative estimate of drug-likeness (QED) is 0.766. The van der Waals surface area contributed by atoms with Crippen LogP contribution in [-0.4, -0.2) is 20.5 Å². The maximum Gasteiger partial charge on any atom is 0.142 e. The molecule has 0 amide bonds. The van der Waals surface area contributed by atoms with Crippen LogP contribution in [0, 0.1) is 0 Å². The average molecular weight is 211 g/mol. The number of rotatable bonds is 4. The van der Waals surface area contributed by atoms with Crippen molar-refractivity contribution in [3.05, 3.63) is 11.6 Å². The monoisotopic (exact) mass is 211 g/mol. The topological polar surface area (TPSA) is 30.7 Å². The highest BCUT2D eigenvalue weighted by Gasteiger charge is 2.24. The maximum absolute atomic E-state index is 4.29. The van der Waals surface area contributed by atoms with Crippen LogP contribution in [-0.2, 0) is 12.8 Å². The Bertz CT molecular complexity index is 304. The van der Waals surface area contributed by atoms with Gasteiger partial charge in [0, 0.05) is 13.0 Å². The maximum atomic E-state index is 4.29. The number of hydrogen-bond acceptors (Lipinski definition) is 3. The van der Waals surface area contributed by atoms with Crippen molar-refractivity contribution >= 4 is 11.8 Å². The van der Waals surface area contributed by atoms with Crippen LogP contribution >= 0.6 is 11.8 Å². The second kappa shape index (κ2) is 4.34. The summed E-state index contributed by atoms with van der Waals surface area (Å²) >= 11 is 1.90. The van der Waals surface area contributed by atoms with Crippen molar-refractivity contribution in [1.29, 1.82) is 0 Å². The largest absolute Gasteiger partial charge is 0.317 e. The average Bonchev–Trinajstić information content (AvgIpc) is 2.43. The lowest BCUT2D eigenvalue weighted by Crippen LogP contribution is -2.14. The molecule has 1 heterocycles. The van der Waals surface area contributed by atoms with E-state index < -0.39 is 0 Å². The highest BCUT2D eigenvalue weighted by atomic mass is 32.2. The summed E-state index contributed by atoms with van der Waals surface area (Å²) in [7, 11) is 2.10. The van der Waals surface area contributed by atoms with Gasteiger partial charge in [0.05, 0.1) is 5.75 Å². The highest BCUT2D eigenvalue weighted by Crippen LogP contribution is 2.35. The second-order valence-electron chi connectivity index (χ2n) is 3.80. The molecule has 0 unspecified atom stereocenters. The molecule has 0 bridgehead atoms. The standard InChI is InChI=1S/C10H17N3S/c1-3-14-7-9-11-12-10(13(9)2)8-5-4-6-8/h8H,3-7H2,1-2H3. The molecular formula is C10H17N3S. The Hall–Kier alpha value is -0.510. The van der Waals surface area contributed by atoms with Crippen molar-refractivity contribution in [3.8, 4) is 0 Å². The summed E-state index contributed by atoms with van der Waals surface area (Å²) in [6.07, 6.45) is 3.95. The Kier molecular flexibility index (Phi) is 3.11. The zero-order valence-electron chi connectivity index (χ0n) is 8.86. The fourth-order valence-electron chi connectivity index (χ4n) is 1.72. The van der Waals surface area contributed by atoms with E-state index in [2.05, 4.69) is 28.7 Å². The van der Waals surface area contributed by atoms with E-state index in [4.69, 9.17) is 0 Å². The summed E-state index contributed by atoms with van der Waals surface area (Å²) in [4.78, 5) is 0. The van der Waals surface area contributed by atoms with Crippen LogP contribution in [0.1, 0.15) is 43.8 Å². The number of nitrogens with zero attached hydrogens (tertiary/aromatic N) is 3. The van der Waals surface area contributed by atoms with Crippen molar-refractivity contribution in [1.82, 2.24) is 14.8 Å². The zero-order chi connectivity index (χ0) is 9.97. The first-order chi connectivity index (χ1) is 6.83. The van der Waals surface area contributed by atoms with Gasteiger partial charge in [0.2, 0.25) is 0 Å². The van der Waals surface area contributed by atoms with Crippen molar-refractivity contribution in [2.45, 2.75) is 37.9 Å². The zero-order valence-corrected chi connectivity index (χ0v) is 9.68. The molecule has 2 rings (SSSR count). The van der Waals surface area contributed by atoms with Crippen LogP contribution in [0.3, 0.4) is 0 Å². The van der Waals surface area contributed by atoms with Gasteiger partial charge in [0.15, 0.2) is 0 Å². The lowest BCUT2D eigenvalue weighted by atomic mass is 9.85. The molecule has 0 atom stereocenters. The van der Waals surface area contributed by atoms with Crippen molar-refractivity contribution in [2.24, 2.45) is 7.05 Å². The van der Waals surface area contributed by atoms with E-state index in [1.807, 2.05) is 11.8 Å². The number of hydrogen-bond donors (Lipinski definition) is 0. The van der Waals surface area contributed by atoms with Gasteiger partial charge in [-0.3, -0.25) is 0 Å². The molecule has 1 aromatic heterocycles. The van der Waals surface area contributed by atoms with Crippen LogP contribution < -0.4 is 0 Å². The fraction of sp³-hybridized carbons (Fsp3) is 0.800. The minimum atomic E-state index is 0.688. The van der Waals surface area contributed by atoms with Gasteiger partial charge in [-0.05, 0) is 18.6 Å². The van der Waals surface area contributed by atoms with Gasteiger partial charge in [-0.25, -0.2) is 0 Å². The predicted octanol–water partition coefficient (Wildman–Crippen LogP) is 2.34. The van der Waals surface area contributed by atoms with Crippen molar-refractivity contribution in [2.75, 3.05) is 5.75 Å². The molecule has 3 nitrogen and oxygen atoms in total. The lowest BCUT2D eigenvalue weighted by Gasteiger charge is -2.24. The summed E-state index contributed by atoms with van der Waals surface area (Å²) < 4.78 is 2.19. The Morgan fingerprint density at radius 1 is 1.43 bits per heavy atom. The summed E-state index contributed by atoms with van der Waals surface area (Å²) in [6.45, 7) is 2.17. The number of thioether (sulfide) groups is 1. The first kappa shape index (κ1) is 10.0. The smallest absolute Gasteiger partial charge is 0.142 e. The van der Waals surface area contributed by atoms with Gasteiger partial charge in [-0.15, -0.1) is 10.2 Å². The molecule has 1 saturated carbocycles. The van der Waals surface area contributed by atoms with Crippen LogP contribution in [0.15, 0.2) is 0 Å². The van der Waals surface area contributed by atoms with Gasteiger partial charge < -0.3 is 4.57 Å². The molecule has 1 aliphatic rings. The third-order valence-electron chi connectivity index (χ3n) is 2.90. The van der Waals surface area contributed by atoms with Crippen molar-refractivity contribution < 1.29 is 0 Å². The first-order valence-corrected chi connectivity index (χ1v) is 6.44. The molecule has 0 spiro atoms. The molecule has 1 aliphatic carbocycles. The summed E-state index contributed by atoms with van der Waals surface area (Å²) in [5.74, 6) is 5.15. The molecule has 1 fully saturated rings. The van der Waals surface area contributed by atoms with Gasteiger partial charge in [0.1, 0.15) is 11.6 Å². The lowest BCUT2D eigenvalue weighted by molar-refractivity contribution is 0.391. The van der Waals surface area contributed by atoms with E-state index in [0.717, 1.165) is 17.3 Å². The van der Waals surface area contributed by atoms with Gasteiger partial charge in [-0.2, -0.15) is 11.8 Å². The molecule has 0 aliphatic heterocycles. The summed E-state index contributed by atoms with van der Waals surface area (Å²) in [6, 6.07) is 0. The van der Waals surface area contributed by atoms with E-state index in [1.165, 1.54) is 25.1 Å². The molecule has 0 aromatic carbocycles. The predicted molar refractivity (Wildman–Crippen MR) is 59.4 cm³/mol. The molecule has 4 heteroatoms. The minimum Gasteiger partial charge on any atom is -0.317 e. The Morgan fingerprint density at radius 2 is 2.21 bits per heavy atom. The Labute approximate surface area is 89.3 Å². The van der Waals surface area contributed by atoms with Crippen LogP contribution in [0.4, 0.5) is 0 Å². The summed E-state index contributed by atoms with van der Waals surface area (Å²) in [5.41, 5.74) is 0. The number of aromatic nitrogens is 3. The SMILES string of the molecule is CCSCc1nnc(C2CCC2)n1C. The van der Waals surface area contributed by atoms with E-state index in [1.54, 1.807) is 0 Å². The second-order valence-corrected chi connectivity index (χ2v) is 5.07. The van der Waals surface area contributed by atoms with Gasteiger partial charge in [0.25, 0.3) is 0 Å². The van der Waals surface area contributed by atoms with Crippen LogP contribution in [0.2, 0.25) is 0 Å². The molecule has 1 aromatic rings. The first-order valence-electron chi connectivity index (χ1n) is 5.28. The van der Waals surface area contributed by atoms with Crippen LogP contribution in [0.25, 0.3) is 0 Å². The van der Waals surface area contributed by atoms with E-state index in [0.29, 0.717) is 5.92 Å². The van der Waals surface area contributed by atoms with E-state index in [9.17, 15) is 0 Å². The van der Waals surface area contributed by atoms with Gasteiger partial charge >= 0.3 is 0 Å². The molecular weight excluding hydrogens is 194 g/mol. The molecule has 0 N–H and O–H groups in total.